The minimum Gasteiger partial charge on any atom is -0.493 e. The normalized spacial score (nSPS) is 10.2. The third kappa shape index (κ3) is 4.91. The summed E-state index contributed by atoms with van der Waals surface area (Å²) in [5.74, 6) is 0.796. The summed E-state index contributed by atoms with van der Waals surface area (Å²) in [4.78, 5) is 24.3. The van der Waals surface area contributed by atoms with E-state index in [0.29, 0.717) is 35.9 Å². The zero-order valence-electron chi connectivity index (χ0n) is 15.3. The van der Waals surface area contributed by atoms with Crippen LogP contribution in [0.3, 0.4) is 0 Å². The van der Waals surface area contributed by atoms with Crippen LogP contribution in [-0.4, -0.2) is 32.1 Å². The Bertz CT molecular complexity index is 937. The fraction of sp³-hybridized carbons (Fsp3) is 0.143. The monoisotopic (exact) mass is 380 g/mol. The van der Waals surface area contributed by atoms with Crippen molar-refractivity contribution in [2.24, 2.45) is 0 Å². The molecule has 0 aliphatic heterocycles. The molecule has 2 amide bonds. The van der Waals surface area contributed by atoms with E-state index in [0.717, 1.165) is 0 Å². The van der Waals surface area contributed by atoms with Crippen molar-refractivity contribution >= 4 is 17.5 Å². The second-order valence-electron chi connectivity index (χ2n) is 5.77. The fourth-order valence-electron chi connectivity index (χ4n) is 2.50. The molecule has 144 valence electrons. The van der Waals surface area contributed by atoms with Gasteiger partial charge in [-0.05, 0) is 42.5 Å². The summed E-state index contributed by atoms with van der Waals surface area (Å²) in [5.41, 5.74) is 0.925. The summed E-state index contributed by atoms with van der Waals surface area (Å²) >= 11 is 0. The minimum absolute atomic E-state index is 0.198. The van der Waals surface area contributed by atoms with Crippen molar-refractivity contribution in [3.05, 3.63) is 78.3 Å². The van der Waals surface area contributed by atoms with Gasteiger partial charge in [-0.15, -0.1) is 0 Å². The molecular formula is C21H20N2O5. The zero-order chi connectivity index (χ0) is 19.8. The summed E-state index contributed by atoms with van der Waals surface area (Å²) in [5, 5.41) is 5.47. The van der Waals surface area contributed by atoms with Crippen LogP contribution in [0.2, 0.25) is 0 Å². The number of rotatable bonds is 8. The molecule has 28 heavy (non-hydrogen) atoms. The van der Waals surface area contributed by atoms with E-state index in [-0.39, 0.29) is 17.6 Å². The first-order valence-corrected chi connectivity index (χ1v) is 8.66. The van der Waals surface area contributed by atoms with Crippen LogP contribution in [0, 0.1) is 0 Å². The molecule has 0 saturated carbocycles. The average Bonchev–Trinajstić information content (AvgIpc) is 3.26. The number of furan rings is 1. The number of benzene rings is 2. The highest BCUT2D eigenvalue weighted by atomic mass is 16.5. The summed E-state index contributed by atoms with van der Waals surface area (Å²) in [6.07, 6.45) is 1.42. The van der Waals surface area contributed by atoms with E-state index in [2.05, 4.69) is 10.6 Å². The molecule has 0 fully saturated rings. The van der Waals surface area contributed by atoms with Gasteiger partial charge < -0.3 is 24.5 Å². The second kappa shape index (κ2) is 9.27. The topological polar surface area (TPSA) is 89.8 Å². The standard InChI is InChI=1S/C21H20N2O5/c1-26-17-8-2-3-9-18(17)28-13-11-22-20(24)15-6-4-7-16(14-15)23-21(25)19-10-5-12-27-19/h2-10,12,14H,11,13H2,1H3,(H,22,24)(H,23,25). The number of nitrogens with one attached hydrogen (secondary N) is 2. The predicted octanol–water partition coefficient (Wildman–Crippen LogP) is 3.35. The van der Waals surface area contributed by atoms with E-state index in [1.807, 2.05) is 12.1 Å². The Morgan fingerprint density at radius 3 is 2.54 bits per heavy atom. The average molecular weight is 380 g/mol. The van der Waals surface area contributed by atoms with Crippen molar-refractivity contribution in [1.29, 1.82) is 0 Å². The quantitative estimate of drug-likeness (QED) is 0.585. The third-order valence-corrected chi connectivity index (χ3v) is 3.84. The maximum absolute atomic E-state index is 12.3. The van der Waals surface area contributed by atoms with Crippen LogP contribution in [-0.2, 0) is 0 Å². The summed E-state index contributed by atoms with van der Waals surface area (Å²) in [7, 11) is 1.57. The van der Waals surface area contributed by atoms with Gasteiger partial charge in [-0.1, -0.05) is 18.2 Å². The van der Waals surface area contributed by atoms with Crippen LogP contribution in [0.5, 0.6) is 11.5 Å². The lowest BCUT2D eigenvalue weighted by Crippen LogP contribution is -2.28. The van der Waals surface area contributed by atoms with Crippen LogP contribution in [0.25, 0.3) is 0 Å². The van der Waals surface area contributed by atoms with Gasteiger partial charge in [-0.2, -0.15) is 0 Å². The van der Waals surface area contributed by atoms with E-state index in [1.165, 1.54) is 6.26 Å². The summed E-state index contributed by atoms with van der Waals surface area (Å²) < 4.78 is 15.9. The molecule has 0 radical (unpaired) electrons. The number of carbonyl (C=O) groups excluding carboxylic acids is 2. The molecule has 2 N–H and O–H groups in total. The molecule has 0 bridgehead atoms. The number of carbonyl (C=O) groups is 2. The Kier molecular flexibility index (Phi) is 6.30. The van der Waals surface area contributed by atoms with Gasteiger partial charge in [0, 0.05) is 11.3 Å². The first kappa shape index (κ1) is 19.0. The van der Waals surface area contributed by atoms with Crippen LogP contribution in [0.15, 0.2) is 71.3 Å². The van der Waals surface area contributed by atoms with Crippen LogP contribution < -0.4 is 20.1 Å². The molecule has 7 nitrogen and oxygen atoms in total. The highest BCUT2D eigenvalue weighted by Crippen LogP contribution is 2.25. The molecule has 1 aromatic heterocycles. The molecule has 0 aliphatic carbocycles. The number of hydrogen-bond donors (Lipinski definition) is 2. The van der Waals surface area contributed by atoms with E-state index >= 15 is 0 Å². The second-order valence-corrected chi connectivity index (χ2v) is 5.77. The molecule has 2 aromatic carbocycles. The minimum atomic E-state index is -0.382. The largest absolute Gasteiger partial charge is 0.493 e. The van der Waals surface area contributed by atoms with E-state index in [4.69, 9.17) is 13.9 Å². The number of para-hydroxylation sites is 2. The predicted molar refractivity (Wildman–Crippen MR) is 104 cm³/mol. The molecule has 3 rings (SSSR count). The van der Waals surface area contributed by atoms with Crippen molar-refractivity contribution in [3.63, 3.8) is 0 Å². The first-order chi connectivity index (χ1) is 13.7. The van der Waals surface area contributed by atoms with Crippen molar-refractivity contribution < 1.29 is 23.5 Å². The van der Waals surface area contributed by atoms with Gasteiger partial charge in [0.1, 0.15) is 6.61 Å². The van der Waals surface area contributed by atoms with Crippen molar-refractivity contribution in [3.8, 4) is 11.5 Å². The molecule has 0 spiro atoms. The van der Waals surface area contributed by atoms with Crippen molar-refractivity contribution in [2.75, 3.05) is 25.6 Å². The molecule has 0 unspecified atom stereocenters. The van der Waals surface area contributed by atoms with E-state index < -0.39 is 0 Å². The van der Waals surface area contributed by atoms with Crippen molar-refractivity contribution in [2.45, 2.75) is 0 Å². The lowest BCUT2D eigenvalue weighted by molar-refractivity contribution is 0.0945. The molecule has 0 atom stereocenters. The molecular weight excluding hydrogens is 360 g/mol. The van der Waals surface area contributed by atoms with Gasteiger partial charge in [0.05, 0.1) is 19.9 Å². The van der Waals surface area contributed by atoms with Gasteiger partial charge in [0.15, 0.2) is 17.3 Å². The van der Waals surface area contributed by atoms with Gasteiger partial charge in [0.2, 0.25) is 0 Å². The Morgan fingerprint density at radius 2 is 1.79 bits per heavy atom. The Labute approximate surface area is 162 Å². The highest BCUT2D eigenvalue weighted by Gasteiger charge is 2.11. The van der Waals surface area contributed by atoms with E-state index in [9.17, 15) is 9.59 Å². The van der Waals surface area contributed by atoms with Gasteiger partial charge >= 0.3 is 0 Å². The summed E-state index contributed by atoms with van der Waals surface area (Å²) in [6.45, 7) is 0.612. The van der Waals surface area contributed by atoms with Crippen molar-refractivity contribution in [1.82, 2.24) is 5.32 Å². The number of methoxy groups -OCH3 is 1. The van der Waals surface area contributed by atoms with Gasteiger partial charge in [-0.3, -0.25) is 9.59 Å². The molecule has 1 heterocycles. The maximum atomic E-state index is 12.3. The van der Waals surface area contributed by atoms with Crippen LogP contribution in [0.4, 0.5) is 5.69 Å². The number of hydrogen-bond acceptors (Lipinski definition) is 5. The van der Waals surface area contributed by atoms with Crippen LogP contribution >= 0.6 is 0 Å². The number of ether oxygens (including phenoxy) is 2. The molecule has 3 aromatic rings. The highest BCUT2D eigenvalue weighted by molar-refractivity contribution is 6.03. The Balaban J connectivity index is 1.51. The number of anilines is 1. The van der Waals surface area contributed by atoms with Gasteiger partial charge in [-0.25, -0.2) is 0 Å². The number of amides is 2. The Hall–Kier alpha value is -3.74. The van der Waals surface area contributed by atoms with E-state index in [1.54, 1.807) is 55.6 Å². The fourth-order valence-corrected chi connectivity index (χ4v) is 2.50. The maximum Gasteiger partial charge on any atom is 0.291 e. The van der Waals surface area contributed by atoms with Gasteiger partial charge in [0.25, 0.3) is 11.8 Å². The molecule has 0 aliphatic rings. The summed E-state index contributed by atoms with van der Waals surface area (Å²) in [6, 6.07) is 17.1. The smallest absolute Gasteiger partial charge is 0.291 e. The molecule has 0 saturated heterocycles. The van der Waals surface area contributed by atoms with Crippen LogP contribution in [0.1, 0.15) is 20.9 Å². The lowest BCUT2D eigenvalue weighted by atomic mass is 10.2. The SMILES string of the molecule is COc1ccccc1OCCNC(=O)c1cccc(NC(=O)c2ccco2)c1. The first-order valence-electron chi connectivity index (χ1n) is 8.66. The lowest BCUT2D eigenvalue weighted by Gasteiger charge is -2.11. The third-order valence-electron chi connectivity index (χ3n) is 3.84. The Morgan fingerprint density at radius 1 is 0.964 bits per heavy atom. The zero-order valence-corrected chi connectivity index (χ0v) is 15.3. The molecule has 7 heteroatoms.